The van der Waals surface area contributed by atoms with Gasteiger partial charge >= 0.3 is 0 Å². The number of hydrogen-bond donors (Lipinski definition) is 2. The largest absolute Gasteiger partial charge is 0.341 e. The molecule has 2 aliphatic rings. The molecule has 1 amide bonds. The number of aryl methyl sites for hydroxylation is 1. The number of nitrogens with zero attached hydrogens (tertiary/aromatic N) is 3. The molecule has 0 bridgehead atoms. The molecule has 0 aliphatic carbocycles. The van der Waals surface area contributed by atoms with Crippen LogP contribution >= 0.6 is 0 Å². The van der Waals surface area contributed by atoms with E-state index >= 15 is 0 Å². The molecule has 0 saturated carbocycles. The van der Waals surface area contributed by atoms with Crippen molar-refractivity contribution in [1.82, 2.24) is 25.5 Å². The van der Waals surface area contributed by atoms with Crippen molar-refractivity contribution in [3.8, 4) is 0 Å². The van der Waals surface area contributed by atoms with Crippen LogP contribution in [0.4, 0.5) is 4.39 Å². The smallest absolute Gasteiger partial charge is 0.244 e. The lowest BCUT2D eigenvalue weighted by molar-refractivity contribution is -0.134. The Morgan fingerprint density at radius 2 is 2.11 bits per heavy atom. The number of aromatic nitrogens is 2. The van der Waals surface area contributed by atoms with Gasteiger partial charge in [0.05, 0.1) is 0 Å². The molecule has 0 radical (unpaired) electrons. The summed E-state index contributed by atoms with van der Waals surface area (Å²) in [5.41, 5.74) is 8.79. The van der Waals surface area contributed by atoms with Crippen LogP contribution in [0.15, 0.2) is 36.5 Å². The molecule has 2 saturated heterocycles. The van der Waals surface area contributed by atoms with Crippen molar-refractivity contribution >= 4 is 5.91 Å². The second-order valence-corrected chi connectivity index (χ2v) is 7.58. The molecule has 0 spiro atoms. The van der Waals surface area contributed by atoms with Gasteiger partial charge in [0, 0.05) is 43.5 Å². The Hall–Kier alpha value is -2.25. The second kappa shape index (κ2) is 7.78. The maximum Gasteiger partial charge on any atom is 0.244 e. The SMILES string of the molecule is Cc1ccnn1CC(=O)N1CCCC(C2NNCC2c2ccc(F)cc2)C1. The highest BCUT2D eigenvalue weighted by Gasteiger charge is 2.37. The minimum atomic E-state index is -0.211. The minimum absolute atomic E-state index is 0.121. The van der Waals surface area contributed by atoms with Gasteiger partial charge in [0.2, 0.25) is 5.91 Å². The first-order chi connectivity index (χ1) is 13.1. The number of amides is 1. The van der Waals surface area contributed by atoms with E-state index < -0.39 is 0 Å². The molecule has 6 nitrogen and oxygen atoms in total. The number of benzene rings is 1. The Morgan fingerprint density at radius 1 is 1.30 bits per heavy atom. The molecule has 1 aromatic carbocycles. The van der Waals surface area contributed by atoms with Gasteiger partial charge in [-0.3, -0.25) is 20.3 Å². The molecule has 27 heavy (non-hydrogen) atoms. The number of hydrogen-bond acceptors (Lipinski definition) is 4. The zero-order valence-electron chi connectivity index (χ0n) is 15.6. The van der Waals surface area contributed by atoms with Gasteiger partial charge < -0.3 is 4.90 Å². The Labute approximate surface area is 158 Å². The van der Waals surface area contributed by atoms with Gasteiger partial charge in [0.25, 0.3) is 0 Å². The molecule has 7 heteroatoms. The molecule has 4 rings (SSSR count). The number of halogens is 1. The fourth-order valence-electron chi connectivity index (χ4n) is 4.32. The Morgan fingerprint density at radius 3 is 2.85 bits per heavy atom. The third-order valence-corrected chi connectivity index (χ3v) is 5.85. The predicted octanol–water partition coefficient (Wildman–Crippen LogP) is 1.83. The van der Waals surface area contributed by atoms with Gasteiger partial charge in [-0.2, -0.15) is 5.10 Å². The zero-order chi connectivity index (χ0) is 18.8. The van der Waals surface area contributed by atoms with Crippen molar-refractivity contribution in [1.29, 1.82) is 0 Å². The van der Waals surface area contributed by atoms with E-state index in [-0.39, 0.29) is 23.7 Å². The Kier molecular flexibility index (Phi) is 5.22. The van der Waals surface area contributed by atoms with E-state index in [2.05, 4.69) is 16.0 Å². The number of hydrazine groups is 1. The third kappa shape index (κ3) is 3.89. The summed E-state index contributed by atoms with van der Waals surface area (Å²) in [6.45, 7) is 4.62. The molecule has 2 aromatic rings. The summed E-state index contributed by atoms with van der Waals surface area (Å²) in [6.07, 6.45) is 3.81. The van der Waals surface area contributed by atoms with Crippen molar-refractivity contribution in [2.45, 2.75) is 38.3 Å². The second-order valence-electron chi connectivity index (χ2n) is 7.58. The molecule has 2 fully saturated rings. The summed E-state index contributed by atoms with van der Waals surface area (Å²) in [4.78, 5) is 14.7. The highest BCUT2D eigenvalue weighted by atomic mass is 19.1. The molecule has 3 heterocycles. The van der Waals surface area contributed by atoms with Gasteiger partial charge in [-0.25, -0.2) is 4.39 Å². The summed E-state index contributed by atoms with van der Waals surface area (Å²) in [5.74, 6) is 0.554. The van der Waals surface area contributed by atoms with Crippen molar-refractivity contribution in [3.63, 3.8) is 0 Å². The maximum atomic E-state index is 13.3. The normalized spacial score (nSPS) is 25.7. The van der Waals surface area contributed by atoms with E-state index in [1.165, 1.54) is 12.1 Å². The van der Waals surface area contributed by atoms with Gasteiger partial charge in [-0.1, -0.05) is 12.1 Å². The minimum Gasteiger partial charge on any atom is -0.341 e. The van der Waals surface area contributed by atoms with Gasteiger partial charge in [0.1, 0.15) is 12.4 Å². The van der Waals surface area contributed by atoms with Crippen LogP contribution < -0.4 is 10.9 Å². The van der Waals surface area contributed by atoms with Crippen LogP contribution in [0.25, 0.3) is 0 Å². The van der Waals surface area contributed by atoms with E-state index in [4.69, 9.17) is 0 Å². The summed E-state index contributed by atoms with van der Waals surface area (Å²) >= 11 is 0. The first-order valence-corrected chi connectivity index (χ1v) is 9.62. The Bertz CT molecular complexity index is 790. The van der Waals surface area contributed by atoms with E-state index in [0.29, 0.717) is 12.5 Å². The molecular weight excluding hydrogens is 345 g/mol. The van der Waals surface area contributed by atoms with Crippen LogP contribution in [0.5, 0.6) is 0 Å². The monoisotopic (exact) mass is 371 g/mol. The summed E-state index contributed by atoms with van der Waals surface area (Å²) in [7, 11) is 0. The number of likely N-dealkylation sites (tertiary alicyclic amines) is 1. The lowest BCUT2D eigenvalue weighted by Gasteiger charge is -2.37. The van der Waals surface area contributed by atoms with Crippen LogP contribution in [-0.4, -0.2) is 46.3 Å². The molecular formula is C20H26FN5O. The van der Waals surface area contributed by atoms with E-state index in [9.17, 15) is 9.18 Å². The highest BCUT2D eigenvalue weighted by molar-refractivity contribution is 5.76. The maximum absolute atomic E-state index is 13.3. The lowest BCUT2D eigenvalue weighted by Crippen LogP contribution is -2.49. The number of piperidine rings is 1. The van der Waals surface area contributed by atoms with E-state index in [1.807, 2.05) is 30.0 Å². The lowest BCUT2D eigenvalue weighted by atomic mass is 9.81. The third-order valence-electron chi connectivity index (χ3n) is 5.85. The number of carbonyl (C=O) groups is 1. The van der Waals surface area contributed by atoms with Crippen LogP contribution in [-0.2, 0) is 11.3 Å². The zero-order valence-corrected chi connectivity index (χ0v) is 15.6. The van der Waals surface area contributed by atoms with Crippen molar-refractivity contribution < 1.29 is 9.18 Å². The summed E-state index contributed by atoms with van der Waals surface area (Å²) < 4.78 is 15.0. The molecule has 144 valence electrons. The van der Waals surface area contributed by atoms with Gasteiger partial charge in [-0.15, -0.1) is 0 Å². The standard InChI is InChI=1S/C20H26FN5O/c1-14-8-9-23-26(14)13-19(27)25-10-2-3-16(12-25)20-18(11-22-24-20)15-4-6-17(21)7-5-15/h4-9,16,18,20,22,24H,2-3,10-13H2,1H3. The quantitative estimate of drug-likeness (QED) is 0.861. The molecule has 1 aromatic heterocycles. The van der Waals surface area contributed by atoms with Crippen LogP contribution in [0.2, 0.25) is 0 Å². The number of nitrogens with one attached hydrogen (secondary N) is 2. The van der Waals surface area contributed by atoms with Crippen molar-refractivity contribution in [3.05, 3.63) is 53.6 Å². The number of carbonyl (C=O) groups excluding carboxylic acids is 1. The average molecular weight is 371 g/mol. The van der Waals surface area contributed by atoms with Crippen LogP contribution in [0.3, 0.4) is 0 Å². The fourth-order valence-corrected chi connectivity index (χ4v) is 4.32. The van der Waals surface area contributed by atoms with Crippen LogP contribution in [0, 0.1) is 18.7 Å². The fraction of sp³-hybridized carbons (Fsp3) is 0.500. The first kappa shape index (κ1) is 18.1. The highest BCUT2D eigenvalue weighted by Crippen LogP contribution is 2.31. The molecule has 2 aliphatic heterocycles. The summed E-state index contributed by atoms with van der Waals surface area (Å²) in [5, 5.41) is 4.22. The van der Waals surface area contributed by atoms with Crippen molar-refractivity contribution in [2.24, 2.45) is 5.92 Å². The van der Waals surface area contributed by atoms with Gasteiger partial charge in [0.15, 0.2) is 0 Å². The van der Waals surface area contributed by atoms with E-state index in [0.717, 1.165) is 43.7 Å². The molecule has 3 atom stereocenters. The van der Waals surface area contributed by atoms with Gasteiger partial charge in [-0.05, 0) is 49.4 Å². The van der Waals surface area contributed by atoms with Crippen molar-refractivity contribution in [2.75, 3.05) is 19.6 Å². The average Bonchev–Trinajstić information content (AvgIpc) is 3.32. The molecule has 2 N–H and O–H groups in total. The van der Waals surface area contributed by atoms with Crippen LogP contribution in [0.1, 0.15) is 30.0 Å². The first-order valence-electron chi connectivity index (χ1n) is 9.62. The topological polar surface area (TPSA) is 62.2 Å². The summed E-state index contributed by atoms with van der Waals surface area (Å²) in [6, 6.07) is 8.93. The predicted molar refractivity (Wildman–Crippen MR) is 100 cm³/mol. The molecule has 3 unspecified atom stereocenters. The number of rotatable bonds is 4. The van der Waals surface area contributed by atoms with E-state index in [1.54, 1.807) is 10.9 Å². The Balaban J connectivity index is 1.43.